The van der Waals surface area contributed by atoms with Crippen LogP contribution in [-0.2, 0) is 14.8 Å². The van der Waals surface area contributed by atoms with E-state index in [-0.39, 0.29) is 28.5 Å². The largest absolute Gasteiger partial charge is 0.488 e. The summed E-state index contributed by atoms with van der Waals surface area (Å²) in [6, 6.07) is 18.3. The Kier molecular flexibility index (Phi) is 7.45. The van der Waals surface area contributed by atoms with Crippen molar-refractivity contribution in [2.45, 2.75) is 4.90 Å². The number of sulfonamides is 1. The lowest BCUT2D eigenvalue weighted by Crippen LogP contribution is -2.26. The SMILES string of the molecule is COCCOc1ccc(NC(=O)c2ccc(S(=O)(=O)N(C)c3ccccc3)cc2)cc1F. The standard InChI is InChI=1S/C23H23FN2O5S/c1-26(19-6-4-3-5-7-19)32(28,29)20-11-8-17(9-12-20)23(27)25-18-10-13-22(21(24)16-18)31-15-14-30-2/h3-13,16H,14-15H2,1-2H3,(H,25,27). The van der Waals surface area contributed by atoms with Gasteiger partial charge in [-0.2, -0.15) is 0 Å². The van der Waals surface area contributed by atoms with E-state index < -0.39 is 21.7 Å². The van der Waals surface area contributed by atoms with Crippen LogP contribution in [0.5, 0.6) is 5.75 Å². The van der Waals surface area contributed by atoms with Crippen LogP contribution in [0.1, 0.15) is 10.4 Å². The highest BCUT2D eigenvalue weighted by Crippen LogP contribution is 2.23. The number of benzene rings is 3. The van der Waals surface area contributed by atoms with Gasteiger partial charge >= 0.3 is 0 Å². The number of methoxy groups -OCH3 is 1. The highest BCUT2D eigenvalue weighted by molar-refractivity contribution is 7.92. The van der Waals surface area contributed by atoms with Gasteiger partial charge in [0.15, 0.2) is 11.6 Å². The van der Waals surface area contributed by atoms with Gasteiger partial charge in [0, 0.05) is 31.5 Å². The predicted octanol–water partition coefficient (Wildman–Crippen LogP) is 3.93. The summed E-state index contributed by atoms with van der Waals surface area (Å²) in [5.74, 6) is -1.07. The summed E-state index contributed by atoms with van der Waals surface area (Å²) in [6.07, 6.45) is 0. The molecule has 32 heavy (non-hydrogen) atoms. The van der Waals surface area contributed by atoms with Crippen LogP contribution in [0, 0.1) is 5.82 Å². The molecule has 0 fully saturated rings. The molecule has 0 atom stereocenters. The molecule has 0 aliphatic rings. The fourth-order valence-corrected chi connectivity index (χ4v) is 4.04. The number of halogens is 1. The van der Waals surface area contributed by atoms with Crippen LogP contribution in [0.2, 0.25) is 0 Å². The topological polar surface area (TPSA) is 84.9 Å². The third kappa shape index (κ3) is 5.43. The Morgan fingerprint density at radius 2 is 1.69 bits per heavy atom. The summed E-state index contributed by atoms with van der Waals surface area (Å²) in [5.41, 5.74) is 0.991. The van der Waals surface area contributed by atoms with Gasteiger partial charge in [0.2, 0.25) is 0 Å². The molecule has 0 aliphatic heterocycles. The molecule has 0 aliphatic carbocycles. The van der Waals surface area contributed by atoms with E-state index in [9.17, 15) is 17.6 Å². The quantitative estimate of drug-likeness (QED) is 0.491. The summed E-state index contributed by atoms with van der Waals surface area (Å²) >= 11 is 0. The van der Waals surface area contributed by atoms with Crippen LogP contribution in [0.3, 0.4) is 0 Å². The number of nitrogens with zero attached hydrogens (tertiary/aromatic N) is 1. The second-order valence-electron chi connectivity index (χ2n) is 6.77. The molecule has 0 spiro atoms. The van der Waals surface area contributed by atoms with E-state index in [1.165, 1.54) is 54.9 Å². The lowest BCUT2D eigenvalue weighted by atomic mass is 10.2. The van der Waals surface area contributed by atoms with Gasteiger partial charge in [-0.15, -0.1) is 0 Å². The lowest BCUT2D eigenvalue weighted by molar-refractivity contribution is 0.102. The summed E-state index contributed by atoms with van der Waals surface area (Å²) < 4.78 is 51.1. The average Bonchev–Trinajstić information content (AvgIpc) is 2.80. The van der Waals surface area contributed by atoms with Gasteiger partial charge in [0.05, 0.1) is 17.2 Å². The molecule has 7 nitrogen and oxygen atoms in total. The minimum absolute atomic E-state index is 0.0454. The molecule has 0 radical (unpaired) electrons. The second-order valence-corrected chi connectivity index (χ2v) is 8.74. The van der Waals surface area contributed by atoms with Crippen molar-refractivity contribution < 1.29 is 27.1 Å². The van der Waals surface area contributed by atoms with E-state index in [1.54, 1.807) is 30.3 Å². The molecule has 0 aromatic heterocycles. The van der Waals surface area contributed by atoms with Gasteiger partial charge in [0.1, 0.15) is 6.61 Å². The molecule has 0 unspecified atom stereocenters. The van der Waals surface area contributed by atoms with Crippen molar-refractivity contribution in [2.75, 3.05) is 37.0 Å². The molecule has 3 aromatic carbocycles. The van der Waals surface area contributed by atoms with E-state index in [2.05, 4.69) is 5.32 Å². The van der Waals surface area contributed by atoms with Gasteiger partial charge in [-0.05, 0) is 48.5 Å². The van der Waals surface area contributed by atoms with Crippen molar-refractivity contribution >= 4 is 27.3 Å². The second kappa shape index (κ2) is 10.3. The highest BCUT2D eigenvalue weighted by Gasteiger charge is 2.21. The zero-order chi connectivity index (χ0) is 23.1. The number of ether oxygens (including phenoxy) is 2. The smallest absolute Gasteiger partial charge is 0.264 e. The molecule has 0 bridgehead atoms. The zero-order valence-corrected chi connectivity index (χ0v) is 18.4. The first-order valence-corrected chi connectivity index (χ1v) is 11.1. The number of carbonyl (C=O) groups excluding carboxylic acids is 1. The molecule has 3 rings (SSSR count). The van der Waals surface area contributed by atoms with Crippen LogP contribution in [0.15, 0.2) is 77.7 Å². The van der Waals surface area contributed by atoms with Crippen molar-refractivity contribution in [3.8, 4) is 5.75 Å². The van der Waals surface area contributed by atoms with Gasteiger partial charge in [0.25, 0.3) is 15.9 Å². The molecular weight excluding hydrogens is 435 g/mol. The first kappa shape index (κ1) is 23.2. The van der Waals surface area contributed by atoms with Crippen LogP contribution < -0.4 is 14.4 Å². The normalized spacial score (nSPS) is 11.1. The highest BCUT2D eigenvalue weighted by atomic mass is 32.2. The fraction of sp³-hybridized carbons (Fsp3) is 0.174. The van der Waals surface area contributed by atoms with Crippen molar-refractivity contribution in [2.24, 2.45) is 0 Å². The van der Waals surface area contributed by atoms with E-state index in [0.717, 1.165) is 6.07 Å². The van der Waals surface area contributed by atoms with Crippen LogP contribution in [0.25, 0.3) is 0 Å². The van der Waals surface area contributed by atoms with Crippen molar-refractivity contribution in [1.29, 1.82) is 0 Å². The van der Waals surface area contributed by atoms with Gasteiger partial charge in [-0.25, -0.2) is 12.8 Å². The summed E-state index contributed by atoms with van der Waals surface area (Å²) in [5, 5.41) is 2.58. The Bertz CT molecular complexity index is 1170. The van der Waals surface area contributed by atoms with Crippen LogP contribution in [-0.4, -0.2) is 41.7 Å². The number of hydrogen-bond donors (Lipinski definition) is 1. The number of nitrogens with one attached hydrogen (secondary N) is 1. The number of para-hydroxylation sites is 1. The maximum absolute atomic E-state index is 14.1. The monoisotopic (exact) mass is 458 g/mol. The third-order valence-corrected chi connectivity index (χ3v) is 6.43. The van der Waals surface area contributed by atoms with Gasteiger partial charge < -0.3 is 14.8 Å². The van der Waals surface area contributed by atoms with Crippen molar-refractivity contribution in [3.63, 3.8) is 0 Å². The van der Waals surface area contributed by atoms with Crippen LogP contribution >= 0.6 is 0 Å². The Morgan fingerprint density at radius 1 is 1.00 bits per heavy atom. The first-order valence-electron chi connectivity index (χ1n) is 9.69. The average molecular weight is 459 g/mol. The molecule has 1 amide bonds. The Balaban J connectivity index is 1.69. The molecule has 1 N–H and O–H groups in total. The Labute approximate surface area is 186 Å². The molecule has 3 aromatic rings. The van der Waals surface area contributed by atoms with E-state index >= 15 is 0 Å². The zero-order valence-electron chi connectivity index (χ0n) is 17.6. The third-order valence-electron chi connectivity index (χ3n) is 4.63. The summed E-state index contributed by atoms with van der Waals surface area (Å²) in [6.45, 7) is 0.526. The van der Waals surface area contributed by atoms with E-state index in [4.69, 9.17) is 9.47 Å². The number of hydrogen-bond acceptors (Lipinski definition) is 5. The molecule has 168 valence electrons. The predicted molar refractivity (Wildman–Crippen MR) is 120 cm³/mol. The number of rotatable bonds is 9. The maximum atomic E-state index is 14.1. The van der Waals surface area contributed by atoms with E-state index in [1.807, 2.05) is 0 Å². The number of amides is 1. The Hall–Kier alpha value is -3.43. The summed E-state index contributed by atoms with van der Waals surface area (Å²) in [4.78, 5) is 12.5. The lowest BCUT2D eigenvalue weighted by Gasteiger charge is -2.19. The molecule has 0 saturated heterocycles. The minimum atomic E-state index is -3.78. The minimum Gasteiger partial charge on any atom is -0.488 e. The number of carbonyl (C=O) groups is 1. The molecule has 9 heteroatoms. The van der Waals surface area contributed by atoms with Gasteiger partial charge in [-0.1, -0.05) is 18.2 Å². The maximum Gasteiger partial charge on any atom is 0.264 e. The fourth-order valence-electron chi connectivity index (χ4n) is 2.85. The van der Waals surface area contributed by atoms with Crippen molar-refractivity contribution in [3.05, 3.63) is 84.2 Å². The molecule has 0 saturated carbocycles. The molecular formula is C23H23FN2O5S. The van der Waals surface area contributed by atoms with Gasteiger partial charge in [-0.3, -0.25) is 9.10 Å². The molecule has 0 heterocycles. The number of anilines is 2. The van der Waals surface area contributed by atoms with Crippen molar-refractivity contribution in [1.82, 2.24) is 0 Å². The van der Waals surface area contributed by atoms with E-state index in [0.29, 0.717) is 12.3 Å². The van der Waals surface area contributed by atoms with Crippen LogP contribution in [0.4, 0.5) is 15.8 Å². The first-order chi connectivity index (χ1) is 15.3. The summed E-state index contributed by atoms with van der Waals surface area (Å²) in [7, 11) is -0.808. The Morgan fingerprint density at radius 3 is 2.31 bits per heavy atom.